The molecule has 6 heterocycles. The average Bonchev–Trinajstić information content (AvgIpc) is 3.81. The first-order valence-electron chi connectivity index (χ1n) is 17.2. The number of thiophene rings is 1. The quantitative estimate of drug-likeness (QED) is 0.128. The van der Waals surface area contributed by atoms with E-state index in [4.69, 9.17) is 8.83 Å². The number of benzene rings is 2. The Kier molecular flexibility index (Phi) is 8.78. The first-order chi connectivity index (χ1) is 25.4. The normalized spacial score (nSPS) is 11.4. The minimum atomic E-state index is -0.400. The first-order valence-corrected chi connectivity index (χ1v) is 18.0. The van der Waals surface area contributed by atoms with Gasteiger partial charge in [0, 0.05) is 47.5 Å². The van der Waals surface area contributed by atoms with Crippen LogP contribution < -0.4 is 16.2 Å². The lowest BCUT2D eigenvalue weighted by molar-refractivity contribution is 0.562. The minimum Gasteiger partial charge on any atom is -0.422 e. The molecule has 258 valence electrons. The molecule has 0 unspecified atom stereocenters. The van der Waals surface area contributed by atoms with Crippen LogP contribution in [0.15, 0.2) is 122 Å². The van der Waals surface area contributed by atoms with Crippen LogP contribution in [-0.2, 0) is 7.05 Å². The van der Waals surface area contributed by atoms with E-state index >= 15 is 0 Å². The molecule has 0 aliphatic heterocycles. The van der Waals surface area contributed by atoms with Gasteiger partial charge in [0.25, 0.3) is 0 Å². The summed E-state index contributed by atoms with van der Waals surface area (Å²) in [5.74, 6) is 0. The van der Waals surface area contributed by atoms with Gasteiger partial charge in [-0.15, -0.1) is 11.3 Å². The van der Waals surface area contributed by atoms with Crippen molar-refractivity contribution in [3.05, 3.63) is 124 Å². The van der Waals surface area contributed by atoms with Crippen LogP contribution in [0.4, 0.5) is 5.69 Å². The van der Waals surface area contributed by atoms with Crippen molar-refractivity contribution >= 4 is 39.0 Å². The van der Waals surface area contributed by atoms with E-state index in [1.165, 1.54) is 11.3 Å². The second-order valence-corrected chi connectivity index (χ2v) is 13.6. The Morgan fingerprint density at radius 1 is 0.615 bits per heavy atom. The number of hydrogen-bond acceptors (Lipinski definition) is 10. The van der Waals surface area contributed by atoms with Gasteiger partial charge in [0.05, 0.1) is 57.9 Å². The molecule has 0 saturated carbocycles. The van der Waals surface area contributed by atoms with Crippen LogP contribution >= 0.6 is 11.3 Å². The van der Waals surface area contributed by atoms with Gasteiger partial charge < -0.3 is 18.3 Å². The Labute approximate surface area is 302 Å². The summed E-state index contributed by atoms with van der Waals surface area (Å²) in [7, 11) is 1.88. The van der Waals surface area contributed by atoms with Crippen LogP contribution in [0.2, 0.25) is 0 Å². The third-order valence-electron chi connectivity index (χ3n) is 9.06. The summed E-state index contributed by atoms with van der Waals surface area (Å²) in [5.41, 5.74) is 6.41. The Bertz CT molecular complexity index is 2670. The zero-order valence-electron chi connectivity index (χ0n) is 28.9. The molecule has 10 nitrogen and oxygen atoms in total. The van der Waals surface area contributed by atoms with Crippen molar-refractivity contribution < 1.29 is 8.83 Å². The molecule has 0 bridgehead atoms. The van der Waals surface area contributed by atoms with E-state index in [-0.39, 0.29) is 5.63 Å². The highest BCUT2D eigenvalue weighted by atomic mass is 32.1. The van der Waals surface area contributed by atoms with Gasteiger partial charge in [-0.1, -0.05) is 32.0 Å². The van der Waals surface area contributed by atoms with Crippen molar-refractivity contribution in [3.8, 4) is 55.0 Å². The summed E-state index contributed by atoms with van der Waals surface area (Å²) >= 11 is 1.46. The SMILES string of the molecule is CCCN(CCC)c1ccc2cc(-c3ccc(-c4cnc(-c5cnc(-c6ccc(-c7cc8ccccc8oc7=O)n6C)cn5)cn4)s3)c(=O)oc2c1. The van der Waals surface area contributed by atoms with Crippen molar-refractivity contribution in [1.29, 1.82) is 0 Å². The lowest BCUT2D eigenvalue weighted by atomic mass is 10.1. The average molecular weight is 707 g/mol. The molecule has 52 heavy (non-hydrogen) atoms. The zero-order valence-corrected chi connectivity index (χ0v) is 29.7. The predicted molar refractivity (Wildman–Crippen MR) is 207 cm³/mol. The topological polar surface area (TPSA) is 120 Å². The molecule has 0 saturated heterocycles. The van der Waals surface area contributed by atoms with Gasteiger partial charge in [0.1, 0.15) is 28.2 Å². The zero-order chi connectivity index (χ0) is 35.8. The van der Waals surface area contributed by atoms with Crippen molar-refractivity contribution in [2.75, 3.05) is 18.0 Å². The summed E-state index contributed by atoms with van der Waals surface area (Å²) in [6, 6.07) is 24.9. The fourth-order valence-electron chi connectivity index (χ4n) is 6.46. The third kappa shape index (κ3) is 6.20. The molecule has 0 radical (unpaired) electrons. The maximum atomic E-state index is 13.1. The summed E-state index contributed by atoms with van der Waals surface area (Å²) in [6.07, 6.45) is 8.79. The molecule has 2 aromatic carbocycles. The van der Waals surface area contributed by atoms with Crippen molar-refractivity contribution in [2.24, 2.45) is 7.05 Å². The Balaban J connectivity index is 0.997. The van der Waals surface area contributed by atoms with Gasteiger partial charge in [-0.05, 0) is 67.4 Å². The Morgan fingerprint density at radius 2 is 1.21 bits per heavy atom. The highest BCUT2D eigenvalue weighted by Crippen LogP contribution is 2.34. The van der Waals surface area contributed by atoms with E-state index < -0.39 is 5.63 Å². The van der Waals surface area contributed by atoms with E-state index in [9.17, 15) is 9.59 Å². The van der Waals surface area contributed by atoms with E-state index in [1.54, 1.807) is 30.9 Å². The smallest absolute Gasteiger partial charge is 0.345 e. The van der Waals surface area contributed by atoms with Crippen molar-refractivity contribution in [1.82, 2.24) is 24.5 Å². The molecule has 8 aromatic rings. The fraction of sp³-hybridized carbons (Fsp3) is 0.171. The van der Waals surface area contributed by atoms with Gasteiger partial charge in [-0.2, -0.15) is 0 Å². The van der Waals surface area contributed by atoms with Crippen LogP contribution in [-0.4, -0.2) is 37.6 Å². The monoisotopic (exact) mass is 706 g/mol. The number of aromatic nitrogens is 5. The van der Waals surface area contributed by atoms with Crippen molar-refractivity contribution in [2.45, 2.75) is 26.7 Å². The summed E-state index contributed by atoms with van der Waals surface area (Å²) in [5, 5.41) is 1.73. The number of nitrogens with zero attached hydrogens (tertiary/aromatic N) is 6. The number of anilines is 1. The third-order valence-corrected chi connectivity index (χ3v) is 10.2. The Morgan fingerprint density at radius 3 is 1.94 bits per heavy atom. The molecule has 6 aromatic heterocycles. The molecule has 0 atom stereocenters. The summed E-state index contributed by atoms with van der Waals surface area (Å²) in [6.45, 7) is 6.24. The largest absolute Gasteiger partial charge is 0.422 e. The number of hydrogen-bond donors (Lipinski definition) is 0. The molecule has 0 spiro atoms. The maximum Gasteiger partial charge on any atom is 0.345 e. The van der Waals surface area contributed by atoms with Gasteiger partial charge in [-0.3, -0.25) is 19.9 Å². The molecule has 0 N–H and O–H groups in total. The fourth-order valence-corrected chi connectivity index (χ4v) is 7.43. The van der Waals surface area contributed by atoms with Gasteiger partial charge in [0.15, 0.2) is 0 Å². The standard InChI is InChI=1S/C41H34N6O4S/c1-4-16-47(17-5-2)27-11-10-26-19-29(41(49)51-37(26)20-27)38-14-15-39(52-38)33-24-43-31(22-45-33)30-21-44-32(23-42-30)35-13-12-34(46(35)3)28-18-25-8-6-7-9-36(25)50-40(28)48/h6-15,18-24H,4-5,16-17H2,1-3H3. The molecular weight excluding hydrogens is 673 g/mol. The van der Waals surface area contributed by atoms with Gasteiger partial charge in [0.2, 0.25) is 0 Å². The van der Waals surface area contributed by atoms with Gasteiger partial charge in [-0.25, -0.2) is 9.59 Å². The van der Waals surface area contributed by atoms with E-state index in [0.29, 0.717) is 45.1 Å². The van der Waals surface area contributed by atoms with Crippen LogP contribution in [0.25, 0.3) is 77.0 Å². The van der Waals surface area contributed by atoms with E-state index in [1.807, 2.05) is 78.3 Å². The first kappa shape index (κ1) is 33.0. The highest BCUT2D eigenvalue weighted by Gasteiger charge is 2.17. The van der Waals surface area contributed by atoms with Crippen LogP contribution in [0.5, 0.6) is 0 Å². The number of fused-ring (bicyclic) bond motifs is 2. The molecule has 8 rings (SSSR count). The molecule has 0 aliphatic rings. The second kappa shape index (κ2) is 13.8. The highest BCUT2D eigenvalue weighted by molar-refractivity contribution is 7.18. The Hall–Kier alpha value is -6.20. The van der Waals surface area contributed by atoms with Crippen LogP contribution in [0, 0.1) is 0 Å². The molecular formula is C41H34N6O4S. The second-order valence-electron chi connectivity index (χ2n) is 12.5. The lowest BCUT2D eigenvalue weighted by Gasteiger charge is -2.23. The lowest BCUT2D eigenvalue weighted by Crippen LogP contribution is -2.24. The molecule has 11 heteroatoms. The maximum absolute atomic E-state index is 13.1. The van der Waals surface area contributed by atoms with Gasteiger partial charge >= 0.3 is 11.3 Å². The summed E-state index contributed by atoms with van der Waals surface area (Å²) < 4.78 is 13.3. The summed E-state index contributed by atoms with van der Waals surface area (Å²) in [4.78, 5) is 48.5. The predicted octanol–water partition coefficient (Wildman–Crippen LogP) is 8.84. The molecule has 0 fully saturated rings. The molecule has 0 aliphatic carbocycles. The molecule has 0 amide bonds. The van der Waals surface area contributed by atoms with Crippen LogP contribution in [0.1, 0.15) is 26.7 Å². The minimum absolute atomic E-state index is 0.370. The number of rotatable bonds is 10. The number of para-hydroxylation sites is 1. The van der Waals surface area contributed by atoms with Crippen LogP contribution in [0.3, 0.4) is 0 Å². The van der Waals surface area contributed by atoms with E-state index in [0.717, 1.165) is 63.5 Å². The van der Waals surface area contributed by atoms with Crippen molar-refractivity contribution in [3.63, 3.8) is 0 Å². The van der Waals surface area contributed by atoms with E-state index in [2.05, 4.69) is 44.7 Å².